The Morgan fingerprint density at radius 1 is 1.11 bits per heavy atom. The highest BCUT2D eigenvalue weighted by Gasteiger charge is 2.12. The molecular formula is C26H26ClN7O2S. The number of halogens is 1. The Morgan fingerprint density at radius 3 is 2.68 bits per heavy atom. The van der Waals surface area contributed by atoms with Crippen LogP contribution >= 0.6 is 23.4 Å². The molecule has 0 atom stereocenters. The fraction of sp³-hybridized carbons (Fsp3) is 0.154. The molecule has 0 saturated heterocycles. The zero-order valence-electron chi connectivity index (χ0n) is 20.1. The van der Waals surface area contributed by atoms with Crippen molar-refractivity contribution in [2.24, 2.45) is 5.10 Å². The Morgan fingerprint density at radius 2 is 1.86 bits per heavy atom. The van der Waals surface area contributed by atoms with Gasteiger partial charge in [-0.05, 0) is 30.7 Å². The van der Waals surface area contributed by atoms with Crippen molar-refractivity contribution in [3.8, 4) is 5.75 Å². The number of ether oxygens (including phenoxy) is 1. The summed E-state index contributed by atoms with van der Waals surface area (Å²) in [5.74, 6) is 6.97. The van der Waals surface area contributed by atoms with Crippen molar-refractivity contribution in [2.45, 2.75) is 25.2 Å². The van der Waals surface area contributed by atoms with Crippen LogP contribution in [0.3, 0.4) is 0 Å². The second-order valence-electron chi connectivity index (χ2n) is 8.02. The molecule has 0 aliphatic heterocycles. The van der Waals surface area contributed by atoms with E-state index < -0.39 is 0 Å². The summed E-state index contributed by atoms with van der Waals surface area (Å²) in [5, 5.41) is 16.1. The molecule has 4 rings (SSSR count). The number of rotatable bonds is 11. The zero-order valence-corrected chi connectivity index (χ0v) is 21.7. The van der Waals surface area contributed by atoms with Gasteiger partial charge >= 0.3 is 0 Å². The summed E-state index contributed by atoms with van der Waals surface area (Å²) in [6.45, 7) is 2.81. The van der Waals surface area contributed by atoms with Crippen molar-refractivity contribution < 1.29 is 9.53 Å². The van der Waals surface area contributed by atoms with Gasteiger partial charge in [0.15, 0.2) is 0 Å². The molecule has 0 saturated carbocycles. The summed E-state index contributed by atoms with van der Waals surface area (Å²) in [6, 6.07) is 23.0. The minimum absolute atomic E-state index is 0.130. The maximum absolute atomic E-state index is 12.2. The summed E-state index contributed by atoms with van der Waals surface area (Å²) < 4.78 is 7.18. The van der Waals surface area contributed by atoms with Crippen LogP contribution in [0.2, 0.25) is 5.02 Å². The maximum Gasteiger partial charge on any atom is 0.264 e. The van der Waals surface area contributed by atoms with Crippen molar-refractivity contribution in [2.75, 3.05) is 17.0 Å². The van der Waals surface area contributed by atoms with Crippen LogP contribution in [0, 0.1) is 6.92 Å². The maximum atomic E-state index is 12.2. The Balaban J connectivity index is 1.28. The lowest BCUT2D eigenvalue weighted by Gasteiger charge is -2.10. The topological polar surface area (TPSA) is 119 Å². The fourth-order valence-corrected chi connectivity index (χ4v) is 4.07. The molecule has 3 aromatic carbocycles. The lowest BCUT2D eigenvalue weighted by molar-refractivity contribution is -0.118. The molecule has 0 fully saturated rings. The van der Waals surface area contributed by atoms with E-state index >= 15 is 0 Å². The summed E-state index contributed by atoms with van der Waals surface area (Å²) in [7, 11) is 0. The van der Waals surface area contributed by atoms with E-state index in [2.05, 4.69) is 26.0 Å². The number of amides is 1. The molecule has 0 radical (unpaired) electrons. The molecule has 190 valence electrons. The Labute approximate surface area is 224 Å². The first-order valence-corrected chi connectivity index (χ1v) is 12.8. The predicted molar refractivity (Wildman–Crippen MR) is 147 cm³/mol. The van der Waals surface area contributed by atoms with Crippen LogP contribution in [0.1, 0.15) is 22.3 Å². The molecule has 37 heavy (non-hydrogen) atoms. The normalized spacial score (nSPS) is 11.0. The molecule has 1 aromatic heterocycles. The van der Waals surface area contributed by atoms with Crippen LogP contribution < -0.4 is 21.3 Å². The minimum atomic E-state index is -0.130. The van der Waals surface area contributed by atoms with Gasteiger partial charge in [-0.25, -0.2) is 10.1 Å². The van der Waals surface area contributed by atoms with E-state index in [1.807, 2.05) is 79.7 Å². The molecule has 1 heterocycles. The quantitative estimate of drug-likeness (QED) is 0.113. The van der Waals surface area contributed by atoms with Crippen molar-refractivity contribution >= 4 is 41.4 Å². The second-order valence-corrected chi connectivity index (χ2v) is 9.36. The van der Waals surface area contributed by atoms with Crippen LogP contribution in [-0.2, 0) is 17.9 Å². The van der Waals surface area contributed by atoms with E-state index in [1.165, 1.54) is 22.0 Å². The molecule has 0 bridgehead atoms. The van der Waals surface area contributed by atoms with Gasteiger partial charge in [-0.1, -0.05) is 83.5 Å². The van der Waals surface area contributed by atoms with Crippen LogP contribution in [0.15, 0.2) is 83.1 Å². The smallest absolute Gasteiger partial charge is 0.264 e. The van der Waals surface area contributed by atoms with Crippen molar-refractivity contribution in [3.63, 3.8) is 0 Å². The number of hydrogen-bond donors (Lipinski definition) is 3. The van der Waals surface area contributed by atoms with Gasteiger partial charge in [0.05, 0.1) is 12.0 Å². The van der Waals surface area contributed by atoms with E-state index in [9.17, 15) is 4.79 Å². The Bertz CT molecular complexity index is 1380. The molecule has 0 aliphatic rings. The molecular weight excluding hydrogens is 510 g/mol. The second kappa shape index (κ2) is 12.8. The predicted octanol–water partition coefficient (Wildman–Crippen LogP) is 4.39. The van der Waals surface area contributed by atoms with Crippen molar-refractivity contribution in [1.29, 1.82) is 0 Å². The SMILES string of the molecule is Cc1ccc(CNC(=O)CSc2nnc(N/N=C/c3ccccc3OCc3ccccc3Cl)n2N)cc1. The first kappa shape index (κ1) is 26.1. The highest BCUT2D eigenvalue weighted by atomic mass is 35.5. The van der Waals surface area contributed by atoms with Gasteiger partial charge in [-0.3, -0.25) is 4.79 Å². The van der Waals surface area contributed by atoms with E-state index in [4.69, 9.17) is 22.2 Å². The van der Waals surface area contributed by atoms with Gasteiger partial charge in [0.25, 0.3) is 5.95 Å². The van der Waals surface area contributed by atoms with Crippen LogP contribution in [0.4, 0.5) is 5.95 Å². The highest BCUT2D eigenvalue weighted by Crippen LogP contribution is 2.21. The number of hydrazone groups is 1. The van der Waals surface area contributed by atoms with Gasteiger partial charge in [0.1, 0.15) is 12.4 Å². The molecule has 0 aliphatic carbocycles. The van der Waals surface area contributed by atoms with Gasteiger partial charge in [0.2, 0.25) is 11.1 Å². The average Bonchev–Trinajstić information content (AvgIpc) is 3.26. The minimum Gasteiger partial charge on any atom is -0.488 e. The number of anilines is 1. The lowest BCUT2D eigenvalue weighted by atomic mass is 10.1. The molecule has 11 heteroatoms. The van der Waals surface area contributed by atoms with Crippen LogP contribution in [0.5, 0.6) is 5.75 Å². The van der Waals surface area contributed by atoms with Gasteiger partial charge < -0.3 is 15.9 Å². The first-order chi connectivity index (χ1) is 18.0. The van der Waals surface area contributed by atoms with E-state index in [0.717, 1.165) is 16.7 Å². The van der Waals surface area contributed by atoms with Crippen LogP contribution in [-0.4, -0.2) is 32.7 Å². The van der Waals surface area contributed by atoms with E-state index in [0.29, 0.717) is 29.1 Å². The number of para-hydroxylation sites is 1. The van der Waals surface area contributed by atoms with Gasteiger partial charge in [-0.15, -0.1) is 10.2 Å². The number of nitrogens with one attached hydrogen (secondary N) is 2. The summed E-state index contributed by atoms with van der Waals surface area (Å²) in [6.07, 6.45) is 1.60. The number of aryl methyl sites for hydroxylation is 1. The molecule has 1 amide bonds. The highest BCUT2D eigenvalue weighted by molar-refractivity contribution is 7.99. The van der Waals surface area contributed by atoms with Crippen LogP contribution in [0.25, 0.3) is 0 Å². The average molecular weight is 536 g/mol. The lowest BCUT2D eigenvalue weighted by Crippen LogP contribution is -2.25. The number of aromatic nitrogens is 3. The fourth-order valence-electron chi connectivity index (χ4n) is 3.19. The van der Waals surface area contributed by atoms with Gasteiger partial charge in [-0.2, -0.15) is 5.10 Å². The third-order valence-corrected chi connectivity index (χ3v) is 6.55. The summed E-state index contributed by atoms with van der Waals surface area (Å²) >= 11 is 7.40. The molecule has 4 N–H and O–H groups in total. The monoisotopic (exact) mass is 535 g/mol. The van der Waals surface area contributed by atoms with Crippen molar-refractivity contribution in [1.82, 2.24) is 20.2 Å². The van der Waals surface area contributed by atoms with Crippen molar-refractivity contribution in [3.05, 3.63) is 100 Å². The van der Waals surface area contributed by atoms with E-state index in [-0.39, 0.29) is 17.6 Å². The number of nitrogens with two attached hydrogens (primary N) is 1. The number of carbonyl (C=O) groups is 1. The molecule has 0 unspecified atom stereocenters. The number of carbonyl (C=O) groups excluding carboxylic acids is 1. The van der Waals surface area contributed by atoms with Gasteiger partial charge in [0, 0.05) is 22.7 Å². The third kappa shape index (κ3) is 7.48. The van der Waals surface area contributed by atoms with E-state index in [1.54, 1.807) is 6.21 Å². The standard InChI is InChI=1S/C26H26ClN7O2S/c1-18-10-12-19(13-11-18)14-29-24(35)17-37-26-33-32-25(34(26)28)31-30-15-20-6-3-5-9-23(20)36-16-21-7-2-4-8-22(21)27/h2-13,15H,14,16-17,28H2,1H3,(H,29,35)(H,31,32)/b30-15+. The number of thioether (sulfide) groups is 1. The summed E-state index contributed by atoms with van der Waals surface area (Å²) in [5.41, 5.74) is 6.62. The Hall–Kier alpha value is -4.02. The number of nitrogen functional groups attached to an aromatic ring is 1. The molecule has 0 spiro atoms. The molecule has 4 aromatic rings. The number of benzene rings is 3. The number of nitrogens with zero attached hydrogens (tertiary/aromatic N) is 4. The zero-order chi connectivity index (χ0) is 26.0. The number of hydrogen-bond acceptors (Lipinski definition) is 8. The first-order valence-electron chi connectivity index (χ1n) is 11.4. The third-order valence-electron chi connectivity index (χ3n) is 5.24. The largest absolute Gasteiger partial charge is 0.488 e. The summed E-state index contributed by atoms with van der Waals surface area (Å²) in [4.78, 5) is 12.2. The Kier molecular flexibility index (Phi) is 9.01. The molecule has 9 nitrogen and oxygen atoms in total.